The van der Waals surface area contributed by atoms with Gasteiger partial charge in [0.15, 0.2) is 5.82 Å². The first-order valence-electron chi connectivity index (χ1n) is 5.41. The molecule has 0 saturated carbocycles. The Morgan fingerprint density at radius 2 is 1.94 bits per heavy atom. The molecule has 0 atom stereocenters. The van der Waals surface area contributed by atoms with Gasteiger partial charge >= 0.3 is 0 Å². The lowest BCUT2D eigenvalue weighted by Crippen LogP contribution is -2.09. The van der Waals surface area contributed by atoms with Gasteiger partial charge in [0.05, 0.1) is 0 Å². The zero-order valence-electron chi connectivity index (χ0n) is 10.3. The summed E-state index contributed by atoms with van der Waals surface area (Å²) in [4.78, 5) is 12.6. The zero-order chi connectivity index (χ0) is 12.6. The Balaban J connectivity index is 2.67. The van der Waals surface area contributed by atoms with Crippen molar-refractivity contribution in [2.45, 2.75) is 33.6 Å². The quantitative estimate of drug-likeness (QED) is 0.770. The van der Waals surface area contributed by atoms with Crippen LogP contribution in [0.25, 0.3) is 5.82 Å². The van der Waals surface area contributed by atoms with Crippen LogP contribution < -0.4 is 0 Å². The van der Waals surface area contributed by atoms with Gasteiger partial charge in [-0.15, -0.1) is 5.10 Å². The fourth-order valence-corrected chi connectivity index (χ4v) is 2.10. The largest absolute Gasteiger partial charge is 0.224 e. The maximum atomic E-state index is 6.12. The van der Waals surface area contributed by atoms with E-state index in [1.165, 1.54) is 6.33 Å². The first-order chi connectivity index (χ1) is 8.00. The van der Waals surface area contributed by atoms with Crippen molar-refractivity contribution in [3.05, 3.63) is 28.7 Å². The fraction of sp³-hybridized carbons (Fsp3) is 0.455. The summed E-state index contributed by atoms with van der Waals surface area (Å²) >= 11 is 6.12. The smallest absolute Gasteiger partial charge is 0.163 e. The van der Waals surface area contributed by atoms with Crippen LogP contribution in [0.4, 0.5) is 0 Å². The van der Waals surface area contributed by atoms with E-state index in [4.69, 9.17) is 11.6 Å². The third-order valence-electron chi connectivity index (χ3n) is 2.47. The van der Waals surface area contributed by atoms with Crippen molar-refractivity contribution in [3.63, 3.8) is 0 Å². The van der Waals surface area contributed by atoms with Crippen molar-refractivity contribution < 1.29 is 0 Å². The molecule has 2 aromatic heterocycles. The Morgan fingerprint density at radius 3 is 2.47 bits per heavy atom. The highest BCUT2D eigenvalue weighted by Crippen LogP contribution is 2.27. The first-order valence-corrected chi connectivity index (χ1v) is 5.79. The van der Waals surface area contributed by atoms with E-state index in [1.54, 1.807) is 4.68 Å². The van der Waals surface area contributed by atoms with Crippen LogP contribution in [0.5, 0.6) is 0 Å². The van der Waals surface area contributed by atoms with Crippen molar-refractivity contribution in [2.24, 2.45) is 0 Å². The molecule has 0 radical (unpaired) electrons. The molecule has 0 aliphatic rings. The average Bonchev–Trinajstić information content (AvgIpc) is 2.56. The van der Waals surface area contributed by atoms with Gasteiger partial charge in [0.25, 0.3) is 0 Å². The number of hydrogen-bond acceptors (Lipinski definition) is 4. The molecular weight excluding hydrogens is 238 g/mol. The van der Waals surface area contributed by atoms with Crippen molar-refractivity contribution in [1.82, 2.24) is 24.7 Å². The van der Waals surface area contributed by atoms with Crippen LogP contribution in [0.15, 0.2) is 6.33 Å². The van der Waals surface area contributed by atoms with Crippen molar-refractivity contribution >= 4 is 11.6 Å². The first kappa shape index (κ1) is 12.0. The Labute approximate surface area is 105 Å². The maximum absolute atomic E-state index is 6.12. The van der Waals surface area contributed by atoms with Crippen LogP contribution in [0.1, 0.15) is 37.0 Å². The molecular formula is C11H14ClN5. The molecule has 0 amide bonds. The van der Waals surface area contributed by atoms with Gasteiger partial charge in [0.2, 0.25) is 0 Å². The normalized spacial score (nSPS) is 11.2. The maximum Gasteiger partial charge on any atom is 0.163 e. The summed E-state index contributed by atoms with van der Waals surface area (Å²) in [5.74, 6) is 2.44. The van der Waals surface area contributed by atoms with Gasteiger partial charge in [0.1, 0.15) is 23.1 Å². The highest BCUT2D eigenvalue weighted by molar-refractivity contribution is 6.30. The second kappa shape index (κ2) is 4.41. The SMILES string of the molecule is Cc1nc(C)n(-c2ncnc(Cl)c2C(C)C)n1. The van der Waals surface area contributed by atoms with Gasteiger partial charge < -0.3 is 0 Å². The predicted octanol–water partition coefficient (Wildman–Crippen LogP) is 2.45. The van der Waals surface area contributed by atoms with E-state index in [2.05, 4.69) is 20.1 Å². The second-order valence-corrected chi connectivity index (χ2v) is 4.53. The summed E-state index contributed by atoms with van der Waals surface area (Å²) in [7, 11) is 0. The molecule has 0 aliphatic heterocycles. The lowest BCUT2D eigenvalue weighted by Gasteiger charge is -2.12. The van der Waals surface area contributed by atoms with Gasteiger partial charge in [-0.3, -0.25) is 0 Å². The number of aryl methyl sites for hydroxylation is 2. The molecule has 0 bridgehead atoms. The van der Waals surface area contributed by atoms with Crippen LogP contribution >= 0.6 is 11.6 Å². The molecule has 2 heterocycles. The molecule has 6 heteroatoms. The topological polar surface area (TPSA) is 56.5 Å². The minimum absolute atomic E-state index is 0.225. The number of halogens is 1. The molecule has 0 aliphatic carbocycles. The monoisotopic (exact) mass is 251 g/mol. The molecule has 0 saturated heterocycles. The molecule has 0 N–H and O–H groups in total. The standard InChI is InChI=1S/C11H14ClN5/c1-6(2)9-10(12)13-5-14-11(9)17-8(4)15-7(3)16-17/h5-6H,1-4H3. The van der Waals surface area contributed by atoms with E-state index in [-0.39, 0.29) is 5.92 Å². The summed E-state index contributed by atoms with van der Waals surface area (Å²) in [6.45, 7) is 7.84. The molecule has 90 valence electrons. The van der Waals surface area contributed by atoms with Gasteiger partial charge in [-0.2, -0.15) is 4.68 Å². The lowest BCUT2D eigenvalue weighted by molar-refractivity contribution is 0.750. The van der Waals surface area contributed by atoms with E-state index in [1.807, 2.05) is 27.7 Å². The fourth-order valence-electron chi connectivity index (χ4n) is 1.75. The third kappa shape index (κ3) is 2.15. The molecule has 0 fully saturated rings. The highest BCUT2D eigenvalue weighted by Gasteiger charge is 2.17. The second-order valence-electron chi connectivity index (χ2n) is 4.17. The highest BCUT2D eigenvalue weighted by atomic mass is 35.5. The minimum atomic E-state index is 0.225. The number of aromatic nitrogens is 5. The van der Waals surface area contributed by atoms with Crippen LogP contribution in [-0.4, -0.2) is 24.7 Å². The van der Waals surface area contributed by atoms with E-state index >= 15 is 0 Å². The number of nitrogens with zero attached hydrogens (tertiary/aromatic N) is 5. The van der Waals surface area contributed by atoms with E-state index in [0.717, 1.165) is 11.4 Å². The van der Waals surface area contributed by atoms with Crippen LogP contribution in [0.3, 0.4) is 0 Å². The van der Waals surface area contributed by atoms with Gasteiger partial charge in [-0.05, 0) is 19.8 Å². The number of hydrogen-bond donors (Lipinski definition) is 0. The zero-order valence-corrected chi connectivity index (χ0v) is 11.0. The third-order valence-corrected chi connectivity index (χ3v) is 2.77. The molecule has 2 rings (SSSR count). The van der Waals surface area contributed by atoms with E-state index < -0.39 is 0 Å². The minimum Gasteiger partial charge on any atom is -0.224 e. The van der Waals surface area contributed by atoms with Crippen molar-refractivity contribution in [2.75, 3.05) is 0 Å². The Kier molecular flexibility index (Phi) is 3.11. The van der Waals surface area contributed by atoms with E-state index in [0.29, 0.717) is 16.8 Å². The summed E-state index contributed by atoms with van der Waals surface area (Å²) < 4.78 is 1.71. The lowest BCUT2D eigenvalue weighted by atomic mass is 10.1. The molecule has 5 nitrogen and oxygen atoms in total. The van der Waals surface area contributed by atoms with Crippen LogP contribution in [0, 0.1) is 13.8 Å². The van der Waals surface area contributed by atoms with Crippen molar-refractivity contribution in [3.8, 4) is 5.82 Å². The Morgan fingerprint density at radius 1 is 1.24 bits per heavy atom. The molecule has 2 aromatic rings. The van der Waals surface area contributed by atoms with Gasteiger partial charge in [-0.1, -0.05) is 25.4 Å². The average molecular weight is 252 g/mol. The van der Waals surface area contributed by atoms with Gasteiger partial charge in [0, 0.05) is 5.56 Å². The molecule has 0 unspecified atom stereocenters. The molecule has 17 heavy (non-hydrogen) atoms. The van der Waals surface area contributed by atoms with Gasteiger partial charge in [-0.25, -0.2) is 15.0 Å². The molecule has 0 spiro atoms. The molecule has 0 aromatic carbocycles. The summed E-state index contributed by atoms with van der Waals surface area (Å²) in [6.07, 6.45) is 1.44. The van der Waals surface area contributed by atoms with E-state index in [9.17, 15) is 0 Å². The Bertz CT molecular complexity index is 547. The van der Waals surface area contributed by atoms with Crippen LogP contribution in [-0.2, 0) is 0 Å². The number of rotatable bonds is 2. The summed E-state index contributed by atoms with van der Waals surface area (Å²) in [5.41, 5.74) is 0.891. The summed E-state index contributed by atoms with van der Waals surface area (Å²) in [6, 6.07) is 0. The van der Waals surface area contributed by atoms with Crippen molar-refractivity contribution in [1.29, 1.82) is 0 Å². The summed E-state index contributed by atoms with van der Waals surface area (Å²) in [5, 5.41) is 4.79. The van der Waals surface area contributed by atoms with Crippen LogP contribution in [0.2, 0.25) is 5.15 Å². The Hall–Kier alpha value is -1.49. The predicted molar refractivity (Wildman–Crippen MR) is 65.5 cm³/mol.